The van der Waals surface area contributed by atoms with Gasteiger partial charge in [-0.1, -0.05) is 11.6 Å². The van der Waals surface area contributed by atoms with Gasteiger partial charge in [0.15, 0.2) is 9.47 Å². The smallest absolute Gasteiger partial charge is 0.321 e. The largest absolute Gasteiger partial charge is 0.424 e. The molecule has 2 unspecified atom stereocenters. The molecule has 210 valence electrons. The molecule has 0 amide bonds. The van der Waals surface area contributed by atoms with E-state index in [1.54, 1.807) is 4.68 Å². The van der Waals surface area contributed by atoms with Crippen molar-refractivity contribution in [3.05, 3.63) is 52.7 Å². The van der Waals surface area contributed by atoms with Gasteiger partial charge in [-0.05, 0) is 105 Å². The molecule has 2 fully saturated rings. The summed E-state index contributed by atoms with van der Waals surface area (Å²) in [5, 5.41) is 14.9. The molecule has 0 bridgehead atoms. The molecule has 0 saturated carbocycles. The van der Waals surface area contributed by atoms with Crippen LogP contribution in [0.3, 0.4) is 0 Å². The average Bonchev–Trinajstić information content (AvgIpc) is 3.68. The zero-order valence-electron chi connectivity index (χ0n) is 19.6. The van der Waals surface area contributed by atoms with E-state index in [1.165, 1.54) is 18.2 Å². The standard InChI is InChI=1S/C12H10BrClFN3O2.C6H7Br2N3O.C2HBr2N3/c13-11-16-12(18(17-11)9-1-2-19-6-9)20-10-4-7(14)3-8(15)5-10;7-5-9-6(8)11(10-5)4-1-2-12-3-4;3-1-5-2(4)7-6-1/h3-5,9H,1-2,6H2;4H,1-3H2;(H,5,6,7). The lowest BCUT2D eigenvalue weighted by atomic mass is 10.3. The molecule has 2 saturated heterocycles. The van der Waals surface area contributed by atoms with Gasteiger partial charge in [-0.3, -0.25) is 5.10 Å². The first-order valence-corrected chi connectivity index (χ1v) is 15.4. The van der Waals surface area contributed by atoms with Gasteiger partial charge >= 0.3 is 6.01 Å². The molecule has 0 aliphatic carbocycles. The Morgan fingerprint density at radius 3 is 2.00 bits per heavy atom. The molecule has 0 radical (unpaired) electrons. The zero-order valence-corrected chi connectivity index (χ0v) is 28.3. The van der Waals surface area contributed by atoms with Crippen LogP contribution in [0.2, 0.25) is 5.02 Å². The fourth-order valence-electron chi connectivity index (χ4n) is 3.45. The first kappa shape index (κ1) is 30.9. The second kappa shape index (κ2) is 14.7. The van der Waals surface area contributed by atoms with Gasteiger partial charge < -0.3 is 14.2 Å². The van der Waals surface area contributed by atoms with Crippen LogP contribution in [0.15, 0.2) is 41.9 Å². The van der Waals surface area contributed by atoms with Crippen molar-refractivity contribution in [3.63, 3.8) is 0 Å². The molecule has 0 spiro atoms. The van der Waals surface area contributed by atoms with Gasteiger partial charge in [-0.2, -0.15) is 15.0 Å². The minimum atomic E-state index is -0.471. The topological polar surface area (TPSA) is 131 Å². The molecule has 19 heteroatoms. The second-order valence-corrected chi connectivity index (χ2v) is 11.9. The molecule has 2 aliphatic rings. The molecule has 1 N–H and O–H groups in total. The van der Waals surface area contributed by atoms with E-state index in [4.69, 9.17) is 25.8 Å². The van der Waals surface area contributed by atoms with E-state index >= 15 is 0 Å². The van der Waals surface area contributed by atoms with E-state index in [-0.39, 0.29) is 22.8 Å². The summed E-state index contributed by atoms with van der Waals surface area (Å²) in [5.74, 6) is -0.197. The maximum atomic E-state index is 13.3. The summed E-state index contributed by atoms with van der Waals surface area (Å²) in [7, 11) is 0. The SMILES string of the molecule is Brc1n[nH]c(Br)n1.Brc1nc(Br)n(C2CCOC2)n1.Fc1cc(Cl)cc(Oc2nc(Br)nn2C2CCOC2)c1. The number of hydrogen-bond acceptors (Lipinski definition) is 9. The molecule has 39 heavy (non-hydrogen) atoms. The maximum Gasteiger partial charge on any atom is 0.321 e. The average molecular weight is 886 g/mol. The Morgan fingerprint density at radius 2 is 1.51 bits per heavy atom. The third kappa shape index (κ3) is 9.24. The Labute approximate surface area is 268 Å². The Bertz CT molecular complexity index is 1340. The highest BCUT2D eigenvalue weighted by atomic mass is 79.9. The highest BCUT2D eigenvalue weighted by Gasteiger charge is 2.24. The van der Waals surface area contributed by atoms with Gasteiger partial charge in [0.1, 0.15) is 11.6 Å². The van der Waals surface area contributed by atoms with Crippen LogP contribution in [0.5, 0.6) is 11.8 Å². The monoisotopic (exact) mass is 881 g/mol. The van der Waals surface area contributed by atoms with Gasteiger partial charge in [0.05, 0.1) is 25.3 Å². The summed E-state index contributed by atoms with van der Waals surface area (Å²) < 4.78 is 35.9. The predicted molar refractivity (Wildman–Crippen MR) is 155 cm³/mol. The lowest BCUT2D eigenvalue weighted by Gasteiger charge is -2.11. The zero-order chi connectivity index (χ0) is 27.9. The van der Waals surface area contributed by atoms with Gasteiger partial charge in [-0.25, -0.2) is 13.8 Å². The fraction of sp³-hybridized carbons (Fsp3) is 0.400. The fourth-order valence-corrected chi connectivity index (χ4v) is 5.86. The van der Waals surface area contributed by atoms with Crippen molar-refractivity contribution in [2.75, 3.05) is 26.4 Å². The van der Waals surface area contributed by atoms with Crippen LogP contribution in [-0.4, -0.2) is 71.1 Å². The number of aromatic nitrogens is 9. The molecule has 1 aromatic carbocycles. The van der Waals surface area contributed by atoms with Crippen molar-refractivity contribution in [3.8, 4) is 11.8 Å². The summed E-state index contributed by atoms with van der Waals surface area (Å²) in [4.78, 5) is 12.0. The number of benzene rings is 1. The van der Waals surface area contributed by atoms with Crippen LogP contribution < -0.4 is 4.74 Å². The first-order valence-electron chi connectivity index (χ1n) is 11.1. The van der Waals surface area contributed by atoms with E-state index in [9.17, 15) is 4.39 Å². The molecule has 2 aliphatic heterocycles. The molecule has 2 atom stereocenters. The van der Waals surface area contributed by atoms with E-state index < -0.39 is 5.82 Å². The quantitative estimate of drug-likeness (QED) is 0.239. The lowest BCUT2D eigenvalue weighted by molar-refractivity contribution is 0.182. The van der Waals surface area contributed by atoms with Crippen LogP contribution in [0.25, 0.3) is 0 Å². The molecule has 5 heterocycles. The number of aromatic amines is 1. The van der Waals surface area contributed by atoms with Crippen LogP contribution in [0.1, 0.15) is 24.9 Å². The second-order valence-electron chi connectivity index (χ2n) is 7.84. The number of nitrogens with one attached hydrogen (secondary N) is 1. The van der Waals surface area contributed by atoms with Crippen LogP contribution in [-0.2, 0) is 9.47 Å². The van der Waals surface area contributed by atoms with Crippen LogP contribution in [0, 0.1) is 5.82 Å². The Hall–Kier alpha value is -1.02. The Balaban J connectivity index is 0.000000156. The molecular weight excluding hydrogens is 868 g/mol. The summed E-state index contributed by atoms with van der Waals surface area (Å²) in [6.07, 6.45) is 1.84. The third-order valence-electron chi connectivity index (χ3n) is 5.12. The van der Waals surface area contributed by atoms with E-state index in [1.807, 2.05) is 4.68 Å². The van der Waals surface area contributed by atoms with Crippen molar-refractivity contribution in [2.24, 2.45) is 0 Å². The molecule has 12 nitrogen and oxygen atoms in total. The summed E-state index contributed by atoms with van der Waals surface area (Å²) >= 11 is 21.7. The molecule has 3 aromatic heterocycles. The van der Waals surface area contributed by atoms with Crippen LogP contribution in [0.4, 0.5) is 4.39 Å². The number of halogens is 7. The molecular formula is C20H18Br5ClFN9O3. The number of H-pyrrole nitrogens is 1. The number of nitrogens with zero attached hydrogens (tertiary/aromatic N) is 8. The summed E-state index contributed by atoms with van der Waals surface area (Å²) in [6, 6.07) is 4.63. The van der Waals surface area contributed by atoms with Gasteiger partial charge in [0.2, 0.25) is 14.2 Å². The van der Waals surface area contributed by atoms with E-state index in [0.29, 0.717) is 38.2 Å². The summed E-state index contributed by atoms with van der Waals surface area (Å²) in [6.45, 7) is 2.77. The highest BCUT2D eigenvalue weighted by molar-refractivity contribution is 9.11. The summed E-state index contributed by atoms with van der Waals surface area (Å²) in [5.41, 5.74) is 0. The van der Waals surface area contributed by atoms with Crippen molar-refractivity contribution < 1.29 is 18.6 Å². The van der Waals surface area contributed by atoms with Crippen molar-refractivity contribution in [1.82, 2.24) is 44.7 Å². The van der Waals surface area contributed by atoms with Gasteiger partial charge in [-0.15, -0.1) is 15.3 Å². The lowest BCUT2D eigenvalue weighted by Crippen LogP contribution is -2.11. The minimum absolute atomic E-state index is 0.0628. The number of rotatable bonds is 4. The van der Waals surface area contributed by atoms with Gasteiger partial charge in [0, 0.05) is 24.3 Å². The van der Waals surface area contributed by atoms with Crippen LogP contribution >= 0.6 is 91.3 Å². The Kier molecular flexibility index (Phi) is 11.7. The van der Waals surface area contributed by atoms with Gasteiger partial charge in [0.25, 0.3) is 0 Å². The predicted octanol–water partition coefficient (Wildman–Crippen LogP) is 6.68. The maximum absolute atomic E-state index is 13.3. The number of ether oxygens (including phenoxy) is 3. The van der Waals surface area contributed by atoms with Crippen molar-refractivity contribution in [2.45, 2.75) is 24.9 Å². The highest BCUT2D eigenvalue weighted by Crippen LogP contribution is 2.29. The number of hydrogen-bond donors (Lipinski definition) is 1. The molecule has 6 rings (SSSR count). The van der Waals surface area contributed by atoms with Crippen molar-refractivity contribution >= 4 is 91.3 Å². The van der Waals surface area contributed by atoms with E-state index in [2.05, 4.69) is 115 Å². The minimum Gasteiger partial charge on any atom is -0.424 e. The normalized spacial score (nSPS) is 18.3. The first-order chi connectivity index (χ1) is 18.7. The van der Waals surface area contributed by atoms with E-state index in [0.717, 1.165) is 30.8 Å². The third-order valence-corrected chi connectivity index (χ3v) is 7.26. The molecule has 4 aromatic rings. The Morgan fingerprint density at radius 1 is 0.872 bits per heavy atom. The van der Waals surface area contributed by atoms with Crippen molar-refractivity contribution in [1.29, 1.82) is 0 Å².